The third kappa shape index (κ3) is 3.05. The van der Waals surface area contributed by atoms with E-state index in [9.17, 15) is 9.59 Å². The van der Waals surface area contributed by atoms with E-state index in [2.05, 4.69) is 0 Å². The zero-order chi connectivity index (χ0) is 10.4. The van der Waals surface area contributed by atoms with Gasteiger partial charge in [-0.25, -0.2) is 4.79 Å². The molecule has 5 nitrogen and oxygen atoms in total. The van der Waals surface area contributed by atoms with Crippen LogP contribution in [0.5, 0.6) is 0 Å². The number of hydrogen-bond donors (Lipinski definition) is 2. The molecule has 0 aliphatic rings. The summed E-state index contributed by atoms with van der Waals surface area (Å²) in [6, 6.07) is 1.43. The van der Waals surface area contributed by atoms with Crippen molar-refractivity contribution in [3.63, 3.8) is 0 Å². The molecule has 0 rings (SSSR count). The van der Waals surface area contributed by atoms with Crippen molar-refractivity contribution in [2.45, 2.75) is 19.4 Å². The first-order valence-electron chi connectivity index (χ1n) is 3.60. The number of aliphatic carboxylic acids is 1. The van der Waals surface area contributed by atoms with Gasteiger partial charge in [-0.05, 0) is 6.42 Å². The molecule has 0 aromatic carbocycles. The first kappa shape index (κ1) is 11.3. The van der Waals surface area contributed by atoms with Crippen LogP contribution in [0.15, 0.2) is 11.6 Å². The van der Waals surface area contributed by atoms with Crippen molar-refractivity contribution >= 4 is 11.8 Å². The molecule has 0 amide bonds. The fourth-order valence-electron chi connectivity index (χ4n) is 0.668. The number of carboxylic acids is 1. The van der Waals surface area contributed by atoms with Gasteiger partial charge in [0.2, 0.25) is 0 Å². The van der Waals surface area contributed by atoms with Crippen LogP contribution in [0, 0.1) is 11.3 Å². The second-order valence-electron chi connectivity index (χ2n) is 2.28. The van der Waals surface area contributed by atoms with Crippen LogP contribution in [0.2, 0.25) is 0 Å². The van der Waals surface area contributed by atoms with Crippen molar-refractivity contribution in [3.8, 4) is 6.07 Å². The lowest BCUT2D eigenvalue weighted by Crippen LogP contribution is -2.25. The van der Waals surface area contributed by atoms with Crippen molar-refractivity contribution in [1.82, 2.24) is 0 Å². The molecule has 0 aromatic heterocycles. The van der Waals surface area contributed by atoms with Gasteiger partial charge in [-0.3, -0.25) is 4.79 Å². The molecule has 0 saturated carbocycles. The average molecular weight is 183 g/mol. The summed E-state index contributed by atoms with van der Waals surface area (Å²) in [5, 5.41) is 25.6. The molecule has 1 atom stereocenters. The molecular formula is C8H9NO4. The third-order valence-electron chi connectivity index (χ3n) is 1.39. The van der Waals surface area contributed by atoms with Gasteiger partial charge in [-0.1, -0.05) is 6.92 Å². The Kier molecular flexibility index (Phi) is 4.41. The standard InChI is InChI=1S/C8H9NO4/c1-2-6(10)7(11)5(3-4-9)8(12)13/h3,6,10H,2H2,1H3,(H,12,13)/b5-3-. The fourth-order valence-corrected chi connectivity index (χ4v) is 0.668. The Morgan fingerprint density at radius 1 is 1.62 bits per heavy atom. The Morgan fingerprint density at radius 3 is 2.46 bits per heavy atom. The van der Waals surface area contributed by atoms with Crippen molar-refractivity contribution in [2.24, 2.45) is 0 Å². The van der Waals surface area contributed by atoms with Crippen LogP contribution < -0.4 is 0 Å². The summed E-state index contributed by atoms with van der Waals surface area (Å²) < 4.78 is 0. The summed E-state index contributed by atoms with van der Waals surface area (Å²) in [6.45, 7) is 1.54. The predicted molar refractivity (Wildman–Crippen MR) is 42.6 cm³/mol. The van der Waals surface area contributed by atoms with E-state index in [1.54, 1.807) is 0 Å². The molecule has 0 heterocycles. The van der Waals surface area contributed by atoms with E-state index >= 15 is 0 Å². The monoisotopic (exact) mass is 183 g/mol. The summed E-state index contributed by atoms with van der Waals surface area (Å²) in [5.41, 5.74) is -0.683. The summed E-state index contributed by atoms with van der Waals surface area (Å²) in [6.07, 6.45) is -0.617. The van der Waals surface area contributed by atoms with Gasteiger partial charge in [-0.15, -0.1) is 0 Å². The molecule has 0 aromatic rings. The van der Waals surface area contributed by atoms with E-state index in [0.29, 0.717) is 6.08 Å². The minimum Gasteiger partial charge on any atom is -0.478 e. The lowest BCUT2D eigenvalue weighted by atomic mass is 10.1. The van der Waals surface area contributed by atoms with Crippen LogP contribution in [0.25, 0.3) is 0 Å². The molecule has 0 aliphatic carbocycles. The second-order valence-corrected chi connectivity index (χ2v) is 2.28. The summed E-state index contributed by atoms with van der Waals surface area (Å²) in [5.74, 6) is -2.43. The molecule has 1 unspecified atom stereocenters. The number of hydrogen-bond acceptors (Lipinski definition) is 4. The SMILES string of the molecule is CCC(O)C(=O)/C(=C/C#N)C(=O)O. The normalized spacial score (nSPS) is 13.2. The van der Waals surface area contributed by atoms with E-state index in [0.717, 1.165) is 0 Å². The Hall–Kier alpha value is -1.67. The Balaban J connectivity index is 4.80. The van der Waals surface area contributed by atoms with Gasteiger partial charge in [0, 0.05) is 6.08 Å². The lowest BCUT2D eigenvalue weighted by molar-refractivity contribution is -0.136. The van der Waals surface area contributed by atoms with Gasteiger partial charge in [0.05, 0.1) is 6.07 Å². The van der Waals surface area contributed by atoms with Crippen LogP contribution in [-0.4, -0.2) is 28.1 Å². The first-order chi connectivity index (χ1) is 6.04. The smallest absolute Gasteiger partial charge is 0.340 e. The van der Waals surface area contributed by atoms with E-state index in [1.807, 2.05) is 0 Å². The highest BCUT2D eigenvalue weighted by Crippen LogP contribution is 2.03. The maximum atomic E-state index is 11.1. The van der Waals surface area contributed by atoms with Crippen molar-refractivity contribution in [3.05, 3.63) is 11.6 Å². The number of aliphatic hydroxyl groups is 1. The van der Waals surface area contributed by atoms with E-state index < -0.39 is 23.4 Å². The molecule has 5 heteroatoms. The molecule has 0 radical (unpaired) electrons. The molecule has 0 fully saturated rings. The fraction of sp³-hybridized carbons (Fsp3) is 0.375. The molecule has 0 saturated heterocycles. The number of carboxylic acid groups (broad SMARTS) is 1. The van der Waals surface area contributed by atoms with Gasteiger partial charge in [0.25, 0.3) is 0 Å². The highest BCUT2D eigenvalue weighted by molar-refractivity contribution is 6.18. The van der Waals surface area contributed by atoms with Crippen LogP contribution >= 0.6 is 0 Å². The number of carbonyl (C=O) groups excluding carboxylic acids is 1. The predicted octanol–water partition coefficient (Wildman–Crippen LogP) is -0.139. The molecular weight excluding hydrogens is 174 g/mol. The molecule has 2 N–H and O–H groups in total. The number of Topliss-reactive ketones (excluding diaryl/α,β-unsaturated/α-hetero) is 1. The van der Waals surface area contributed by atoms with E-state index in [1.165, 1.54) is 13.0 Å². The van der Waals surface area contributed by atoms with Crippen LogP contribution in [0.3, 0.4) is 0 Å². The zero-order valence-electron chi connectivity index (χ0n) is 7.02. The number of carbonyl (C=O) groups is 2. The molecule has 0 bridgehead atoms. The van der Waals surface area contributed by atoms with Crippen molar-refractivity contribution < 1.29 is 19.8 Å². The number of aliphatic hydroxyl groups excluding tert-OH is 1. The Bertz CT molecular complexity index is 287. The Labute approximate surface area is 74.9 Å². The minimum absolute atomic E-state index is 0.120. The lowest BCUT2D eigenvalue weighted by Gasteiger charge is -2.05. The first-order valence-corrected chi connectivity index (χ1v) is 3.60. The van der Waals surface area contributed by atoms with Crippen molar-refractivity contribution in [1.29, 1.82) is 5.26 Å². The van der Waals surface area contributed by atoms with Gasteiger partial charge in [-0.2, -0.15) is 5.26 Å². The van der Waals surface area contributed by atoms with Crippen molar-refractivity contribution in [2.75, 3.05) is 0 Å². The minimum atomic E-state index is -1.50. The molecule has 0 aliphatic heterocycles. The highest BCUT2D eigenvalue weighted by Gasteiger charge is 2.22. The van der Waals surface area contributed by atoms with E-state index in [4.69, 9.17) is 15.5 Å². The zero-order valence-corrected chi connectivity index (χ0v) is 7.02. The van der Waals surface area contributed by atoms with Crippen LogP contribution in [0.4, 0.5) is 0 Å². The number of nitriles is 1. The highest BCUT2D eigenvalue weighted by atomic mass is 16.4. The maximum Gasteiger partial charge on any atom is 0.340 e. The largest absolute Gasteiger partial charge is 0.478 e. The maximum absolute atomic E-state index is 11.1. The second kappa shape index (κ2) is 5.06. The van der Waals surface area contributed by atoms with Gasteiger partial charge >= 0.3 is 5.97 Å². The Morgan fingerprint density at radius 2 is 2.15 bits per heavy atom. The van der Waals surface area contributed by atoms with Crippen LogP contribution in [-0.2, 0) is 9.59 Å². The molecule has 70 valence electrons. The summed E-state index contributed by atoms with van der Waals surface area (Å²) >= 11 is 0. The van der Waals surface area contributed by atoms with Gasteiger partial charge < -0.3 is 10.2 Å². The van der Waals surface area contributed by atoms with Crippen LogP contribution in [0.1, 0.15) is 13.3 Å². The molecule has 0 spiro atoms. The number of rotatable bonds is 4. The molecule has 13 heavy (non-hydrogen) atoms. The number of ketones is 1. The summed E-state index contributed by atoms with van der Waals surface area (Å²) in [7, 11) is 0. The number of allylic oxidation sites excluding steroid dienone is 1. The number of nitrogens with zero attached hydrogens (tertiary/aromatic N) is 1. The third-order valence-corrected chi connectivity index (χ3v) is 1.39. The summed E-state index contributed by atoms with van der Waals surface area (Å²) in [4.78, 5) is 21.5. The quantitative estimate of drug-likeness (QED) is 0.273. The average Bonchev–Trinajstić information content (AvgIpc) is 2.11. The van der Waals surface area contributed by atoms with Gasteiger partial charge in [0.1, 0.15) is 11.7 Å². The topological polar surface area (TPSA) is 98.4 Å². The van der Waals surface area contributed by atoms with Gasteiger partial charge in [0.15, 0.2) is 5.78 Å². The van der Waals surface area contributed by atoms with E-state index in [-0.39, 0.29) is 6.42 Å².